The van der Waals surface area contributed by atoms with E-state index >= 15 is 0 Å². The number of rotatable bonds is 3. The number of aliphatic carboxylic acids is 1. The molecule has 1 N–H and O–H groups in total. The first-order valence-electron chi connectivity index (χ1n) is 5.53. The second-order valence-electron chi connectivity index (χ2n) is 3.91. The summed E-state index contributed by atoms with van der Waals surface area (Å²) in [5.74, 6) is -1.00. The number of benzene rings is 2. The zero-order valence-electron chi connectivity index (χ0n) is 9.81. The molecule has 4 heteroatoms. The standard InChI is InChI=1S/C15H10Cl2O2/c16-12-5-1-10(2-6-12)14(9-15(18)19)11-3-7-13(17)8-4-11/h1-9H,(H,18,19). The largest absolute Gasteiger partial charge is 0.478 e. The van der Waals surface area contributed by atoms with Gasteiger partial charge in [0.25, 0.3) is 0 Å². The highest BCUT2D eigenvalue weighted by Crippen LogP contribution is 2.25. The summed E-state index contributed by atoms with van der Waals surface area (Å²) in [6, 6.07) is 14.0. The molecule has 0 heterocycles. The molecule has 96 valence electrons. The molecular weight excluding hydrogens is 283 g/mol. The Morgan fingerprint density at radius 2 is 1.21 bits per heavy atom. The summed E-state index contributed by atoms with van der Waals surface area (Å²) in [5.41, 5.74) is 2.18. The summed E-state index contributed by atoms with van der Waals surface area (Å²) >= 11 is 11.7. The second kappa shape index (κ2) is 5.91. The maximum atomic E-state index is 11.0. The third kappa shape index (κ3) is 3.60. The van der Waals surface area contributed by atoms with Gasteiger partial charge in [0.15, 0.2) is 0 Å². The van der Waals surface area contributed by atoms with Crippen LogP contribution >= 0.6 is 23.2 Å². The zero-order chi connectivity index (χ0) is 13.8. The highest BCUT2D eigenvalue weighted by Gasteiger charge is 2.07. The molecule has 2 nitrogen and oxygen atoms in total. The van der Waals surface area contributed by atoms with Crippen LogP contribution in [0.15, 0.2) is 54.6 Å². The molecule has 0 amide bonds. The Balaban J connectivity index is 2.50. The Kier molecular flexibility index (Phi) is 4.25. The number of carbonyl (C=O) groups is 1. The highest BCUT2D eigenvalue weighted by molar-refractivity contribution is 6.31. The van der Waals surface area contributed by atoms with E-state index in [1.807, 2.05) is 0 Å². The van der Waals surface area contributed by atoms with Gasteiger partial charge in [0.05, 0.1) is 0 Å². The van der Waals surface area contributed by atoms with Crippen LogP contribution in [0.3, 0.4) is 0 Å². The van der Waals surface area contributed by atoms with Crippen LogP contribution in [0.2, 0.25) is 10.0 Å². The first-order valence-corrected chi connectivity index (χ1v) is 6.28. The van der Waals surface area contributed by atoms with Gasteiger partial charge in [-0.3, -0.25) is 0 Å². The second-order valence-corrected chi connectivity index (χ2v) is 4.78. The minimum absolute atomic E-state index is 0.606. The van der Waals surface area contributed by atoms with Crippen molar-refractivity contribution in [1.29, 1.82) is 0 Å². The van der Waals surface area contributed by atoms with Crippen LogP contribution in [-0.2, 0) is 4.79 Å². The molecule has 0 aliphatic rings. The number of hydrogen-bond donors (Lipinski definition) is 1. The molecule has 0 saturated carbocycles. The SMILES string of the molecule is O=C(O)C=C(c1ccc(Cl)cc1)c1ccc(Cl)cc1. The van der Waals surface area contributed by atoms with Crippen molar-refractivity contribution in [3.8, 4) is 0 Å². The minimum atomic E-state index is -1.00. The van der Waals surface area contributed by atoms with Gasteiger partial charge in [-0.1, -0.05) is 47.5 Å². The number of carboxylic acid groups (broad SMARTS) is 1. The summed E-state index contributed by atoms with van der Waals surface area (Å²) in [7, 11) is 0. The molecule has 19 heavy (non-hydrogen) atoms. The van der Waals surface area contributed by atoms with Crippen LogP contribution in [0, 0.1) is 0 Å². The Hall–Kier alpha value is -1.77. The average Bonchev–Trinajstić information content (AvgIpc) is 2.38. The first-order chi connectivity index (χ1) is 9.06. The van der Waals surface area contributed by atoms with Crippen molar-refractivity contribution in [2.45, 2.75) is 0 Å². The van der Waals surface area contributed by atoms with Gasteiger partial charge in [-0.05, 0) is 41.0 Å². The third-order valence-electron chi connectivity index (χ3n) is 2.58. The fraction of sp³-hybridized carbons (Fsp3) is 0. The fourth-order valence-corrected chi connectivity index (χ4v) is 1.97. The van der Waals surface area contributed by atoms with Gasteiger partial charge in [0.1, 0.15) is 0 Å². The Morgan fingerprint density at radius 1 is 0.842 bits per heavy atom. The lowest BCUT2D eigenvalue weighted by atomic mass is 9.98. The van der Waals surface area contributed by atoms with Crippen molar-refractivity contribution in [2.24, 2.45) is 0 Å². The van der Waals surface area contributed by atoms with Gasteiger partial charge >= 0.3 is 5.97 Å². The number of halogens is 2. The lowest BCUT2D eigenvalue weighted by Gasteiger charge is -2.08. The predicted octanol–water partition coefficient (Wildman–Crippen LogP) is 4.51. The summed E-state index contributed by atoms with van der Waals surface area (Å²) < 4.78 is 0. The van der Waals surface area contributed by atoms with Crippen molar-refractivity contribution in [2.75, 3.05) is 0 Å². The van der Waals surface area contributed by atoms with E-state index in [0.29, 0.717) is 15.6 Å². The van der Waals surface area contributed by atoms with Crippen LogP contribution in [-0.4, -0.2) is 11.1 Å². The van der Waals surface area contributed by atoms with Gasteiger partial charge in [-0.2, -0.15) is 0 Å². The molecule has 0 aromatic heterocycles. The maximum Gasteiger partial charge on any atom is 0.328 e. The third-order valence-corrected chi connectivity index (χ3v) is 3.08. The Bertz CT molecular complexity index is 566. The molecule has 0 unspecified atom stereocenters. The van der Waals surface area contributed by atoms with Gasteiger partial charge in [-0.15, -0.1) is 0 Å². The summed E-state index contributed by atoms with van der Waals surface area (Å²) in [4.78, 5) is 11.0. The van der Waals surface area contributed by atoms with Crippen LogP contribution in [0.1, 0.15) is 11.1 Å². The zero-order valence-corrected chi connectivity index (χ0v) is 11.3. The topological polar surface area (TPSA) is 37.3 Å². The van der Waals surface area contributed by atoms with E-state index in [1.54, 1.807) is 48.5 Å². The van der Waals surface area contributed by atoms with Crippen molar-refractivity contribution in [3.05, 3.63) is 75.8 Å². The monoisotopic (exact) mass is 292 g/mol. The van der Waals surface area contributed by atoms with Crippen molar-refractivity contribution in [3.63, 3.8) is 0 Å². The molecule has 2 aromatic rings. The molecule has 2 aromatic carbocycles. The minimum Gasteiger partial charge on any atom is -0.478 e. The Morgan fingerprint density at radius 3 is 1.53 bits per heavy atom. The lowest BCUT2D eigenvalue weighted by molar-refractivity contribution is -0.131. The molecule has 0 aliphatic heterocycles. The normalized spacial score (nSPS) is 10.0. The van der Waals surface area contributed by atoms with E-state index in [0.717, 1.165) is 11.1 Å². The summed E-state index contributed by atoms with van der Waals surface area (Å²) in [6.07, 6.45) is 1.17. The van der Waals surface area contributed by atoms with Crippen molar-refractivity contribution >= 4 is 34.7 Å². The lowest BCUT2D eigenvalue weighted by Crippen LogP contribution is -1.94. The number of hydrogen-bond acceptors (Lipinski definition) is 1. The van der Waals surface area contributed by atoms with Gasteiger partial charge in [0, 0.05) is 16.1 Å². The van der Waals surface area contributed by atoms with E-state index in [-0.39, 0.29) is 0 Å². The fourth-order valence-electron chi connectivity index (χ4n) is 1.72. The molecule has 0 radical (unpaired) electrons. The Labute approximate surface area is 120 Å². The van der Waals surface area contributed by atoms with Crippen molar-refractivity contribution < 1.29 is 9.90 Å². The van der Waals surface area contributed by atoms with Gasteiger partial charge in [0.2, 0.25) is 0 Å². The molecule has 0 saturated heterocycles. The highest BCUT2D eigenvalue weighted by atomic mass is 35.5. The van der Waals surface area contributed by atoms with Crippen LogP contribution in [0.5, 0.6) is 0 Å². The maximum absolute atomic E-state index is 11.0. The van der Waals surface area contributed by atoms with E-state index < -0.39 is 5.97 Å². The number of carboxylic acids is 1. The predicted molar refractivity (Wildman–Crippen MR) is 77.6 cm³/mol. The first kappa shape index (κ1) is 13.7. The summed E-state index contributed by atoms with van der Waals surface area (Å²) in [5, 5.41) is 10.2. The summed E-state index contributed by atoms with van der Waals surface area (Å²) in [6.45, 7) is 0. The molecule has 0 bridgehead atoms. The van der Waals surface area contributed by atoms with E-state index in [2.05, 4.69) is 0 Å². The average molecular weight is 293 g/mol. The van der Waals surface area contributed by atoms with E-state index in [4.69, 9.17) is 28.3 Å². The van der Waals surface area contributed by atoms with Gasteiger partial charge < -0.3 is 5.11 Å². The quantitative estimate of drug-likeness (QED) is 0.845. The van der Waals surface area contributed by atoms with Crippen LogP contribution in [0.4, 0.5) is 0 Å². The van der Waals surface area contributed by atoms with Crippen LogP contribution < -0.4 is 0 Å². The molecule has 0 aliphatic carbocycles. The van der Waals surface area contributed by atoms with Crippen molar-refractivity contribution in [1.82, 2.24) is 0 Å². The van der Waals surface area contributed by atoms with E-state index in [1.165, 1.54) is 6.08 Å². The molecule has 0 spiro atoms. The molecular formula is C15H10Cl2O2. The van der Waals surface area contributed by atoms with Gasteiger partial charge in [-0.25, -0.2) is 4.79 Å². The van der Waals surface area contributed by atoms with Crippen LogP contribution in [0.25, 0.3) is 5.57 Å². The molecule has 2 rings (SSSR count). The smallest absolute Gasteiger partial charge is 0.328 e. The van der Waals surface area contributed by atoms with E-state index in [9.17, 15) is 4.79 Å². The molecule has 0 atom stereocenters. The molecule has 0 fully saturated rings.